The van der Waals surface area contributed by atoms with Gasteiger partial charge < -0.3 is 14.9 Å². The molecule has 5 rings (SSSR count). The second-order valence-corrected chi connectivity index (χ2v) is 11.2. The molecule has 5 nitrogen and oxygen atoms in total. The van der Waals surface area contributed by atoms with Crippen LogP contribution in [0.15, 0.2) is 30.3 Å². The van der Waals surface area contributed by atoms with E-state index >= 15 is 0 Å². The van der Waals surface area contributed by atoms with Gasteiger partial charge in [0.1, 0.15) is 5.75 Å². The Hall–Kier alpha value is -3.02. The van der Waals surface area contributed by atoms with Crippen LogP contribution < -0.4 is 4.74 Å². The van der Waals surface area contributed by atoms with Crippen molar-refractivity contribution in [1.29, 1.82) is 0 Å². The monoisotopic (exact) mass is 472 g/mol. The average molecular weight is 473 g/mol. The number of aliphatic hydroxyl groups is 2. The van der Waals surface area contributed by atoms with Crippen LogP contribution in [0.2, 0.25) is 0 Å². The number of benzene rings is 3. The van der Waals surface area contributed by atoms with E-state index in [2.05, 4.69) is 19.9 Å². The van der Waals surface area contributed by atoms with E-state index in [0.717, 1.165) is 27.5 Å². The zero-order chi connectivity index (χ0) is 25.8. The fourth-order valence-electron chi connectivity index (χ4n) is 6.10. The van der Waals surface area contributed by atoms with Crippen LogP contribution in [0.5, 0.6) is 5.75 Å². The molecule has 1 aliphatic heterocycles. The highest BCUT2D eigenvalue weighted by Crippen LogP contribution is 2.58. The lowest BCUT2D eigenvalue weighted by Gasteiger charge is -2.34. The molecule has 0 aromatic heterocycles. The summed E-state index contributed by atoms with van der Waals surface area (Å²) in [7, 11) is 0. The number of carbonyl (C=O) groups excluding carboxylic acids is 2. The molecule has 0 amide bonds. The summed E-state index contributed by atoms with van der Waals surface area (Å²) < 4.78 is 6.64. The van der Waals surface area contributed by atoms with Gasteiger partial charge in [0.15, 0.2) is 11.4 Å². The molecule has 0 radical (unpaired) electrons. The number of fused-ring (bicyclic) bond motifs is 5. The number of rotatable bonds is 2. The summed E-state index contributed by atoms with van der Waals surface area (Å²) in [5.41, 5.74) is -0.648. The van der Waals surface area contributed by atoms with Crippen LogP contribution in [0.1, 0.15) is 94.6 Å². The van der Waals surface area contributed by atoms with E-state index in [-0.39, 0.29) is 11.5 Å². The molecule has 2 atom stereocenters. The SMILES string of the molecule is Cc1cc2c(C(C)C)ccc(C)c2c2c1C(=O)[C@@]1(O2)c2c(C)ccc(C(C)(C)O)c2C(=O)[C@@]1(C)O. The number of hydrogen-bond acceptors (Lipinski definition) is 5. The number of hydrogen-bond donors (Lipinski definition) is 2. The van der Waals surface area contributed by atoms with Crippen LogP contribution in [-0.2, 0) is 11.2 Å². The smallest absolute Gasteiger partial charge is 0.233 e. The van der Waals surface area contributed by atoms with E-state index < -0.39 is 28.4 Å². The molecule has 0 bridgehead atoms. The molecule has 2 aliphatic rings. The Kier molecular flexibility index (Phi) is 4.76. The van der Waals surface area contributed by atoms with Crippen molar-refractivity contribution in [3.05, 3.63) is 74.8 Å². The molecule has 0 fully saturated rings. The first kappa shape index (κ1) is 23.7. The molecule has 5 heteroatoms. The molecule has 0 saturated carbocycles. The molecule has 3 aromatic rings. The molecule has 182 valence electrons. The van der Waals surface area contributed by atoms with Gasteiger partial charge in [-0.1, -0.05) is 44.2 Å². The van der Waals surface area contributed by atoms with Crippen molar-refractivity contribution < 1.29 is 24.5 Å². The molecule has 1 aliphatic carbocycles. The normalized spacial score (nSPS) is 23.4. The summed E-state index contributed by atoms with van der Waals surface area (Å²) in [5.74, 6) is -0.362. The van der Waals surface area contributed by atoms with Gasteiger partial charge in [0, 0.05) is 16.5 Å². The largest absolute Gasteiger partial charge is 0.469 e. The Labute approximate surface area is 205 Å². The fraction of sp³-hybridized carbons (Fsp3) is 0.400. The number of Topliss-reactive ketones (excluding diaryl/α,β-unsaturated/α-hetero) is 2. The second kappa shape index (κ2) is 7.02. The molecule has 0 saturated heterocycles. The van der Waals surface area contributed by atoms with Gasteiger partial charge in [0.25, 0.3) is 0 Å². The average Bonchev–Trinajstić information content (AvgIpc) is 3.14. The van der Waals surface area contributed by atoms with Crippen molar-refractivity contribution in [3.63, 3.8) is 0 Å². The highest BCUT2D eigenvalue weighted by atomic mass is 16.5. The predicted molar refractivity (Wildman–Crippen MR) is 136 cm³/mol. The first-order chi connectivity index (χ1) is 16.2. The van der Waals surface area contributed by atoms with E-state index in [1.165, 1.54) is 6.92 Å². The van der Waals surface area contributed by atoms with Crippen LogP contribution in [0, 0.1) is 20.8 Å². The zero-order valence-corrected chi connectivity index (χ0v) is 21.6. The highest BCUT2D eigenvalue weighted by Gasteiger charge is 2.71. The van der Waals surface area contributed by atoms with Gasteiger partial charge in [0.05, 0.1) is 11.2 Å². The first-order valence-electron chi connectivity index (χ1n) is 12.1. The standard InChI is InChI=1S/C30H32O5/c1-14(2)18-11-9-15(3)21-19(18)13-17(5)22-25(21)35-30(27(22)32)24-16(4)10-12-20(28(6,7)33)23(24)26(31)29(30,8)34/h9-14,33-34H,1-8H3/t29-,30+/m1/s1. The van der Waals surface area contributed by atoms with E-state index in [0.29, 0.717) is 28.0 Å². The molecule has 3 aromatic carbocycles. The Balaban J connectivity index is 1.91. The van der Waals surface area contributed by atoms with E-state index in [9.17, 15) is 19.8 Å². The number of carbonyl (C=O) groups is 2. The lowest BCUT2D eigenvalue weighted by atomic mass is 9.77. The second-order valence-electron chi connectivity index (χ2n) is 11.2. The minimum absolute atomic E-state index is 0.171. The summed E-state index contributed by atoms with van der Waals surface area (Å²) in [6, 6.07) is 9.60. The zero-order valence-electron chi connectivity index (χ0n) is 21.6. The summed E-state index contributed by atoms with van der Waals surface area (Å²) in [6.07, 6.45) is 0. The maximum Gasteiger partial charge on any atom is 0.233 e. The van der Waals surface area contributed by atoms with Crippen LogP contribution in [-0.4, -0.2) is 27.4 Å². The summed E-state index contributed by atoms with van der Waals surface area (Å²) in [6.45, 7) is 14.4. The van der Waals surface area contributed by atoms with Crippen molar-refractivity contribution in [2.24, 2.45) is 0 Å². The molecule has 0 unspecified atom stereocenters. The summed E-state index contributed by atoms with van der Waals surface area (Å²) in [5, 5.41) is 24.5. The summed E-state index contributed by atoms with van der Waals surface area (Å²) >= 11 is 0. The fourth-order valence-corrected chi connectivity index (χ4v) is 6.10. The third-order valence-corrected chi connectivity index (χ3v) is 7.90. The van der Waals surface area contributed by atoms with Crippen LogP contribution in [0.25, 0.3) is 10.8 Å². The number of aryl methyl sites for hydroxylation is 3. The van der Waals surface area contributed by atoms with Crippen molar-refractivity contribution in [3.8, 4) is 5.75 Å². The molecule has 1 heterocycles. The highest BCUT2D eigenvalue weighted by molar-refractivity contribution is 6.23. The topological polar surface area (TPSA) is 83.8 Å². The molecule has 1 spiro atoms. The van der Waals surface area contributed by atoms with Gasteiger partial charge in [-0.25, -0.2) is 0 Å². The lowest BCUT2D eigenvalue weighted by molar-refractivity contribution is -0.0644. The Bertz CT molecular complexity index is 1470. The Morgan fingerprint density at radius 2 is 1.54 bits per heavy atom. The Morgan fingerprint density at radius 3 is 2.14 bits per heavy atom. The molecular weight excluding hydrogens is 440 g/mol. The molecule has 35 heavy (non-hydrogen) atoms. The van der Waals surface area contributed by atoms with Crippen LogP contribution >= 0.6 is 0 Å². The van der Waals surface area contributed by atoms with E-state index in [1.807, 2.05) is 26.0 Å². The van der Waals surface area contributed by atoms with E-state index in [1.54, 1.807) is 32.9 Å². The molecule has 2 N–H and O–H groups in total. The van der Waals surface area contributed by atoms with Gasteiger partial charge in [0.2, 0.25) is 11.4 Å². The maximum absolute atomic E-state index is 14.4. The van der Waals surface area contributed by atoms with Gasteiger partial charge in [-0.15, -0.1) is 0 Å². The lowest BCUT2D eigenvalue weighted by Crippen LogP contribution is -2.56. The van der Waals surface area contributed by atoms with Crippen molar-refractivity contribution in [2.45, 2.75) is 78.1 Å². The number of ether oxygens (including phenoxy) is 1. The van der Waals surface area contributed by atoms with E-state index in [4.69, 9.17) is 4.74 Å². The summed E-state index contributed by atoms with van der Waals surface area (Å²) in [4.78, 5) is 28.1. The Morgan fingerprint density at radius 1 is 0.914 bits per heavy atom. The third-order valence-electron chi connectivity index (χ3n) is 7.90. The van der Waals surface area contributed by atoms with Crippen molar-refractivity contribution >= 4 is 22.3 Å². The minimum Gasteiger partial charge on any atom is -0.469 e. The predicted octanol–water partition coefficient (Wildman–Crippen LogP) is 5.53. The van der Waals surface area contributed by atoms with Gasteiger partial charge in [-0.3, -0.25) is 9.59 Å². The van der Waals surface area contributed by atoms with Crippen molar-refractivity contribution in [2.75, 3.05) is 0 Å². The maximum atomic E-state index is 14.4. The van der Waals surface area contributed by atoms with Crippen LogP contribution in [0.4, 0.5) is 0 Å². The van der Waals surface area contributed by atoms with Gasteiger partial charge in [-0.05, 0) is 80.7 Å². The van der Waals surface area contributed by atoms with Gasteiger partial charge in [-0.2, -0.15) is 0 Å². The van der Waals surface area contributed by atoms with Crippen molar-refractivity contribution in [1.82, 2.24) is 0 Å². The quantitative estimate of drug-likeness (QED) is 0.512. The van der Waals surface area contributed by atoms with Gasteiger partial charge >= 0.3 is 0 Å². The minimum atomic E-state index is -2.15. The first-order valence-corrected chi connectivity index (χ1v) is 12.1. The number of ketones is 2. The third kappa shape index (κ3) is 2.77. The van der Waals surface area contributed by atoms with Crippen LogP contribution in [0.3, 0.4) is 0 Å². The molecular formula is C30H32O5.